The van der Waals surface area contributed by atoms with Crippen molar-refractivity contribution in [1.29, 1.82) is 0 Å². The lowest BCUT2D eigenvalue weighted by molar-refractivity contribution is 0.0696. The van der Waals surface area contributed by atoms with Crippen LogP contribution in [0.15, 0.2) is 12.1 Å². The third kappa shape index (κ3) is 1.51. The van der Waals surface area contributed by atoms with Crippen LogP contribution in [0, 0.1) is 6.92 Å². The second-order valence-electron chi connectivity index (χ2n) is 2.41. The molecule has 64 valence electrons. The first-order valence-corrected chi connectivity index (χ1v) is 3.62. The van der Waals surface area contributed by atoms with Crippen LogP contribution in [-0.4, -0.2) is 16.2 Å². The summed E-state index contributed by atoms with van der Waals surface area (Å²) in [6.45, 7) is 1.61. The van der Waals surface area contributed by atoms with E-state index in [1.807, 2.05) is 0 Å². The van der Waals surface area contributed by atoms with Gasteiger partial charge in [-0.15, -0.1) is 0 Å². The van der Waals surface area contributed by atoms with Crippen molar-refractivity contribution in [2.24, 2.45) is 0 Å². The molecule has 4 heteroatoms. The van der Waals surface area contributed by atoms with E-state index in [4.69, 9.17) is 16.7 Å². The van der Waals surface area contributed by atoms with Gasteiger partial charge >= 0.3 is 5.97 Å². The van der Waals surface area contributed by atoms with Crippen LogP contribution in [0.3, 0.4) is 0 Å². The number of benzene rings is 1. The van der Waals surface area contributed by atoms with Gasteiger partial charge in [0.25, 0.3) is 0 Å². The number of phenols is 1. The average molecular weight is 187 g/mol. The number of aromatic carboxylic acids is 1. The minimum Gasteiger partial charge on any atom is -0.508 e. The first-order chi connectivity index (χ1) is 5.52. The SMILES string of the molecule is Cc1c(O)cc(C(=O)O)cc1Cl. The molecule has 12 heavy (non-hydrogen) atoms. The van der Waals surface area contributed by atoms with Gasteiger partial charge < -0.3 is 10.2 Å². The van der Waals surface area contributed by atoms with Gasteiger partial charge in [-0.05, 0) is 19.1 Å². The van der Waals surface area contributed by atoms with Crippen LogP contribution in [0.2, 0.25) is 5.02 Å². The van der Waals surface area contributed by atoms with Crippen molar-refractivity contribution in [3.8, 4) is 5.75 Å². The van der Waals surface area contributed by atoms with Crippen LogP contribution in [0.5, 0.6) is 5.75 Å². The van der Waals surface area contributed by atoms with Gasteiger partial charge in [-0.2, -0.15) is 0 Å². The monoisotopic (exact) mass is 186 g/mol. The molecule has 2 N–H and O–H groups in total. The average Bonchev–Trinajstić information content (AvgIpc) is 1.99. The largest absolute Gasteiger partial charge is 0.508 e. The highest BCUT2D eigenvalue weighted by Crippen LogP contribution is 2.26. The van der Waals surface area contributed by atoms with Gasteiger partial charge in [-0.3, -0.25) is 0 Å². The van der Waals surface area contributed by atoms with Crippen LogP contribution in [0.1, 0.15) is 15.9 Å². The molecule has 0 unspecified atom stereocenters. The fraction of sp³-hybridized carbons (Fsp3) is 0.125. The van der Waals surface area contributed by atoms with Gasteiger partial charge in [0, 0.05) is 10.6 Å². The zero-order valence-electron chi connectivity index (χ0n) is 6.34. The van der Waals surface area contributed by atoms with Crippen molar-refractivity contribution in [3.63, 3.8) is 0 Å². The van der Waals surface area contributed by atoms with Gasteiger partial charge in [-0.1, -0.05) is 11.6 Å². The fourth-order valence-corrected chi connectivity index (χ4v) is 1.00. The number of aromatic hydroxyl groups is 1. The summed E-state index contributed by atoms with van der Waals surface area (Å²) in [4.78, 5) is 10.4. The Morgan fingerprint density at radius 3 is 2.50 bits per heavy atom. The molecule has 0 aromatic heterocycles. The number of rotatable bonds is 1. The van der Waals surface area contributed by atoms with E-state index in [9.17, 15) is 9.90 Å². The zero-order chi connectivity index (χ0) is 9.30. The van der Waals surface area contributed by atoms with Crippen molar-refractivity contribution < 1.29 is 15.0 Å². The van der Waals surface area contributed by atoms with Crippen LogP contribution in [0.4, 0.5) is 0 Å². The smallest absolute Gasteiger partial charge is 0.335 e. The molecule has 0 amide bonds. The summed E-state index contributed by atoms with van der Waals surface area (Å²) < 4.78 is 0. The highest BCUT2D eigenvalue weighted by Gasteiger charge is 2.08. The Hall–Kier alpha value is -1.22. The molecule has 0 saturated heterocycles. The molecule has 0 aliphatic carbocycles. The molecule has 0 spiro atoms. The number of hydrogen-bond donors (Lipinski definition) is 2. The molecular formula is C8H7ClO3. The fourth-order valence-electron chi connectivity index (χ4n) is 0.788. The van der Waals surface area contributed by atoms with Gasteiger partial charge in [0.15, 0.2) is 0 Å². The molecule has 0 heterocycles. The van der Waals surface area contributed by atoms with Gasteiger partial charge in [0.05, 0.1) is 5.56 Å². The lowest BCUT2D eigenvalue weighted by Gasteiger charge is -2.02. The third-order valence-electron chi connectivity index (χ3n) is 1.56. The number of hydrogen-bond acceptors (Lipinski definition) is 2. The molecular weight excluding hydrogens is 180 g/mol. The lowest BCUT2D eigenvalue weighted by Crippen LogP contribution is -1.96. The minimum atomic E-state index is -1.10. The van der Waals surface area contributed by atoms with E-state index < -0.39 is 5.97 Å². The van der Waals surface area contributed by atoms with E-state index in [0.29, 0.717) is 5.56 Å². The van der Waals surface area contributed by atoms with Gasteiger partial charge in [0.1, 0.15) is 5.75 Å². The van der Waals surface area contributed by atoms with Crippen molar-refractivity contribution in [1.82, 2.24) is 0 Å². The summed E-state index contributed by atoms with van der Waals surface area (Å²) in [5, 5.41) is 18.0. The van der Waals surface area contributed by atoms with E-state index in [1.165, 1.54) is 12.1 Å². The quantitative estimate of drug-likeness (QED) is 0.706. The summed E-state index contributed by atoms with van der Waals surface area (Å²) in [6.07, 6.45) is 0. The molecule has 0 aliphatic heterocycles. The Labute approximate surface area is 74.2 Å². The van der Waals surface area contributed by atoms with E-state index in [2.05, 4.69) is 0 Å². The molecule has 0 bridgehead atoms. The van der Waals surface area contributed by atoms with E-state index in [-0.39, 0.29) is 16.3 Å². The molecule has 0 radical (unpaired) electrons. The Balaban J connectivity index is 3.31. The number of phenolic OH excluding ortho intramolecular Hbond substituents is 1. The van der Waals surface area contributed by atoms with Crippen molar-refractivity contribution in [3.05, 3.63) is 28.3 Å². The normalized spacial score (nSPS) is 9.83. The summed E-state index contributed by atoms with van der Waals surface area (Å²) in [5.41, 5.74) is 0.477. The van der Waals surface area contributed by atoms with Gasteiger partial charge in [-0.25, -0.2) is 4.79 Å². The number of carboxylic acids is 1. The second-order valence-corrected chi connectivity index (χ2v) is 2.81. The molecule has 0 fully saturated rings. The standard InChI is InChI=1S/C8H7ClO3/c1-4-6(9)2-5(8(11)12)3-7(4)10/h2-3,10H,1H3,(H,11,12). The molecule has 0 saturated carbocycles. The molecule has 3 nitrogen and oxygen atoms in total. The Morgan fingerprint density at radius 1 is 1.50 bits per heavy atom. The summed E-state index contributed by atoms with van der Waals surface area (Å²) in [6, 6.07) is 2.47. The predicted octanol–water partition coefficient (Wildman–Crippen LogP) is 2.05. The highest BCUT2D eigenvalue weighted by atomic mass is 35.5. The maximum Gasteiger partial charge on any atom is 0.335 e. The number of carbonyl (C=O) groups is 1. The van der Waals surface area contributed by atoms with E-state index >= 15 is 0 Å². The van der Waals surface area contributed by atoms with Crippen LogP contribution in [-0.2, 0) is 0 Å². The zero-order valence-corrected chi connectivity index (χ0v) is 7.09. The predicted molar refractivity (Wildman–Crippen MR) is 44.8 cm³/mol. The Morgan fingerprint density at radius 2 is 2.08 bits per heavy atom. The first-order valence-electron chi connectivity index (χ1n) is 3.25. The summed E-state index contributed by atoms with van der Waals surface area (Å²) >= 11 is 5.64. The van der Waals surface area contributed by atoms with Crippen LogP contribution >= 0.6 is 11.6 Å². The number of carboxylic acid groups (broad SMARTS) is 1. The third-order valence-corrected chi connectivity index (χ3v) is 1.96. The van der Waals surface area contributed by atoms with Crippen LogP contribution < -0.4 is 0 Å². The number of halogens is 1. The summed E-state index contributed by atoms with van der Waals surface area (Å²) in [7, 11) is 0. The van der Waals surface area contributed by atoms with E-state index in [0.717, 1.165) is 0 Å². The van der Waals surface area contributed by atoms with Crippen LogP contribution in [0.25, 0.3) is 0 Å². The van der Waals surface area contributed by atoms with Gasteiger partial charge in [0.2, 0.25) is 0 Å². The molecule has 1 aromatic carbocycles. The second kappa shape index (κ2) is 3.03. The molecule has 0 atom stereocenters. The molecule has 1 aromatic rings. The maximum atomic E-state index is 10.4. The maximum absolute atomic E-state index is 10.4. The topological polar surface area (TPSA) is 57.5 Å². The van der Waals surface area contributed by atoms with Crippen molar-refractivity contribution >= 4 is 17.6 Å². The highest BCUT2D eigenvalue weighted by molar-refractivity contribution is 6.31. The Kier molecular flexibility index (Phi) is 2.24. The molecule has 0 aliphatic rings. The Bertz CT molecular complexity index is 310. The summed E-state index contributed by atoms with van der Waals surface area (Å²) in [5.74, 6) is -1.20. The van der Waals surface area contributed by atoms with E-state index in [1.54, 1.807) is 6.92 Å². The van der Waals surface area contributed by atoms with Crippen molar-refractivity contribution in [2.75, 3.05) is 0 Å². The molecule has 1 rings (SSSR count). The first kappa shape index (κ1) is 8.87. The minimum absolute atomic E-state index is 0.0110. The van der Waals surface area contributed by atoms with Crippen molar-refractivity contribution in [2.45, 2.75) is 6.92 Å². The lowest BCUT2D eigenvalue weighted by atomic mass is 10.1.